The number of hydrogen-bond donors (Lipinski definition) is 10. The summed E-state index contributed by atoms with van der Waals surface area (Å²) in [5.41, 5.74) is 26.1. The summed E-state index contributed by atoms with van der Waals surface area (Å²) in [5.74, 6) is -5.91. The van der Waals surface area contributed by atoms with E-state index >= 15 is 0 Å². The number of aliphatic carboxylic acids is 1. The zero-order valence-corrected chi connectivity index (χ0v) is 19.6. The van der Waals surface area contributed by atoms with Gasteiger partial charge in [-0.25, -0.2) is 4.79 Å². The second kappa shape index (κ2) is 16.6. The van der Waals surface area contributed by atoms with E-state index in [2.05, 4.69) is 20.9 Å². The molecule has 0 aliphatic rings. The average molecular weight is 518 g/mol. The molecule has 15 N–H and O–H groups in total. The molecule has 0 aliphatic carbocycles. The SMILES string of the molecule is NC(=O)CCC(NC(=O)C(N)CO)C(=O)NC(CCC(N)=O)C(=O)NC(CCCN=C(N)N)C(=O)O. The Bertz CT molecular complexity index is 832. The normalized spacial score (nSPS) is 13.8. The summed E-state index contributed by atoms with van der Waals surface area (Å²) < 4.78 is 0. The first-order valence-electron chi connectivity index (χ1n) is 10.9. The van der Waals surface area contributed by atoms with Gasteiger partial charge in [-0.05, 0) is 25.7 Å². The molecule has 0 saturated heterocycles. The number of primary amides is 2. The number of aliphatic hydroxyl groups is 1. The zero-order chi connectivity index (χ0) is 27.8. The molecule has 4 atom stereocenters. The topological polar surface area (TPSA) is 321 Å². The van der Waals surface area contributed by atoms with Crippen LogP contribution in [-0.4, -0.2) is 89.0 Å². The molecule has 36 heavy (non-hydrogen) atoms. The molecule has 0 fully saturated rings. The van der Waals surface area contributed by atoms with Crippen molar-refractivity contribution in [2.24, 2.45) is 33.7 Å². The predicted molar refractivity (Wildman–Crippen MR) is 125 cm³/mol. The van der Waals surface area contributed by atoms with Gasteiger partial charge >= 0.3 is 5.97 Å². The van der Waals surface area contributed by atoms with Gasteiger partial charge in [0.2, 0.25) is 29.5 Å². The maximum Gasteiger partial charge on any atom is 0.326 e. The molecule has 0 heterocycles. The highest BCUT2D eigenvalue weighted by Crippen LogP contribution is 2.05. The summed E-state index contributed by atoms with van der Waals surface area (Å²) in [6.07, 6.45) is -1.06. The monoisotopic (exact) mass is 517 g/mol. The fraction of sp³-hybridized carbons (Fsp3) is 0.632. The lowest BCUT2D eigenvalue weighted by atomic mass is 10.1. The predicted octanol–water partition coefficient (Wildman–Crippen LogP) is -5.57. The largest absolute Gasteiger partial charge is 0.480 e. The minimum Gasteiger partial charge on any atom is -0.480 e. The Labute approximate surface area is 206 Å². The third-order valence-electron chi connectivity index (χ3n) is 4.72. The number of hydrogen-bond acceptors (Lipinski definition) is 9. The number of carboxylic acid groups (broad SMARTS) is 1. The van der Waals surface area contributed by atoms with Crippen molar-refractivity contribution in [2.45, 2.75) is 62.7 Å². The van der Waals surface area contributed by atoms with Crippen LogP contribution in [0.3, 0.4) is 0 Å². The molecule has 204 valence electrons. The van der Waals surface area contributed by atoms with Crippen molar-refractivity contribution in [1.82, 2.24) is 16.0 Å². The van der Waals surface area contributed by atoms with Gasteiger partial charge in [0.05, 0.1) is 6.61 Å². The van der Waals surface area contributed by atoms with E-state index in [9.17, 15) is 33.9 Å². The molecular weight excluding hydrogens is 482 g/mol. The van der Waals surface area contributed by atoms with Crippen LogP contribution < -0.4 is 44.6 Å². The first-order valence-corrected chi connectivity index (χ1v) is 10.9. The number of guanidine groups is 1. The van der Waals surface area contributed by atoms with Gasteiger partial charge in [-0.1, -0.05) is 0 Å². The van der Waals surface area contributed by atoms with Crippen molar-refractivity contribution in [1.29, 1.82) is 0 Å². The van der Waals surface area contributed by atoms with Crippen molar-refractivity contribution in [3.63, 3.8) is 0 Å². The average Bonchev–Trinajstić information content (AvgIpc) is 2.79. The van der Waals surface area contributed by atoms with Gasteiger partial charge in [0.15, 0.2) is 5.96 Å². The molecule has 0 saturated carbocycles. The third-order valence-corrected chi connectivity index (χ3v) is 4.72. The lowest BCUT2D eigenvalue weighted by Gasteiger charge is -2.25. The number of nitrogens with zero attached hydrogens (tertiary/aromatic N) is 1. The molecule has 17 heteroatoms. The maximum atomic E-state index is 12.8. The van der Waals surface area contributed by atoms with E-state index in [1.165, 1.54) is 0 Å². The first kappa shape index (κ1) is 32.0. The zero-order valence-electron chi connectivity index (χ0n) is 19.6. The second-order valence-electron chi connectivity index (χ2n) is 7.77. The van der Waals surface area contributed by atoms with E-state index in [0.29, 0.717) is 0 Å². The van der Waals surface area contributed by atoms with Crippen molar-refractivity contribution in [2.75, 3.05) is 13.2 Å². The van der Waals surface area contributed by atoms with E-state index in [1.54, 1.807) is 0 Å². The van der Waals surface area contributed by atoms with Crippen molar-refractivity contribution < 1.29 is 39.0 Å². The minimum atomic E-state index is -1.43. The molecule has 17 nitrogen and oxygen atoms in total. The van der Waals surface area contributed by atoms with Crippen LogP contribution in [0.4, 0.5) is 0 Å². The molecule has 0 aliphatic heterocycles. The Balaban J connectivity index is 5.55. The van der Waals surface area contributed by atoms with Crippen LogP contribution >= 0.6 is 0 Å². The molecule has 0 aromatic heterocycles. The highest BCUT2D eigenvalue weighted by atomic mass is 16.4. The van der Waals surface area contributed by atoms with Gasteiger partial charge < -0.3 is 54.8 Å². The summed E-state index contributed by atoms with van der Waals surface area (Å²) in [5, 5.41) is 25.2. The second-order valence-corrected chi connectivity index (χ2v) is 7.77. The smallest absolute Gasteiger partial charge is 0.326 e. The van der Waals surface area contributed by atoms with Gasteiger partial charge in [0, 0.05) is 19.4 Å². The summed E-state index contributed by atoms with van der Waals surface area (Å²) >= 11 is 0. The summed E-state index contributed by atoms with van der Waals surface area (Å²) in [4.78, 5) is 75.3. The highest BCUT2D eigenvalue weighted by Gasteiger charge is 2.30. The lowest BCUT2D eigenvalue weighted by molar-refractivity contribution is -0.142. The number of nitrogens with two attached hydrogens (primary N) is 5. The van der Waals surface area contributed by atoms with Gasteiger partial charge in [-0.2, -0.15) is 0 Å². The number of carbonyl (C=O) groups excluding carboxylic acids is 5. The lowest BCUT2D eigenvalue weighted by Crippen LogP contribution is -2.57. The first-order chi connectivity index (χ1) is 16.8. The fourth-order valence-electron chi connectivity index (χ4n) is 2.78. The Hall–Kier alpha value is -3.99. The van der Waals surface area contributed by atoms with Crippen LogP contribution in [-0.2, 0) is 28.8 Å². The molecule has 0 rings (SSSR count). The van der Waals surface area contributed by atoms with Crippen LogP contribution in [0.5, 0.6) is 0 Å². The fourth-order valence-corrected chi connectivity index (χ4v) is 2.78. The molecule has 4 unspecified atom stereocenters. The van der Waals surface area contributed by atoms with Crippen LogP contribution in [0, 0.1) is 0 Å². The highest BCUT2D eigenvalue weighted by molar-refractivity contribution is 5.94. The number of aliphatic hydroxyl groups excluding tert-OH is 1. The Morgan fingerprint density at radius 2 is 1.17 bits per heavy atom. The number of amides is 5. The number of rotatable bonds is 18. The van der Waals surface area contributed by atoms with Crippen LogP contribution in [0.2, 0.25) is 0 Å². The summed E-state index contributed by atoms with van der Waals surface area (Å²) in [7, 11) is 0. The molecule has 0 bridgehead atoms. The molecule has 0 aromatic carbocycles. The minimum absolute atomic E-state index is 0.0509. The standard InChI is InChI=1S/C19H35N9O8/c20-9(8-29)15(32)26-10(3-5-13(21)30)16(33)27-11(4-6-14(22)31)17(34)28-12(18(35)36)2-1-7-25-19(23)24/h9-12,29H,1-8,20H2,(H2,21,30)(H2,22,31)(H,26,32)(H,27,33)(H,28,34)(H,35,36)(H4,23,24,25). The molecular formula is C19H35N9O8. The van der Waals surface area contributed by atoms with Crippen LogP contribution in [0.25, 0.3) is 0 Å². The van der Waals surface area contributed by atoms with Crippen LogP contribution in [0.15, 0.2) is 4.99 Å². The number of carboxylic acids is 1. The molecule has 0 radical (unpaired) electrons. The van der Waals surface area contributed by atoms with Gasteiger partial charge in [-0.15, -0.1) is 0 Å². The van der Waals surface area contributed by atoms with Crippen molar-refractivity contribution in [3.8, 4) is 0 Å². The van der Waals surface area contributed by atoms with E-state index in [0.717, 1.165) is 0 Å². The van der Waals surface area contributed by atoms with Gasteiger partial charge in [-0.3, -0.25) is 29.0 Å². The third kappa shape index (κ3) is 13.7. The number of carbonyl (C=O) groups is 6. The Morgan fingerprint density at radius 1 is 0.722 bits per heavy atom. The van der Waals surface area contributed by atoms with Crippen LogP contribution in [0.1, 0.15) is 38.5 Å². The quantitative estimate of drug-likeness (QED) is 0.0464. The Morgan fingerprint density at radius 3 is 1.56 bits per heavy atom. The van der Waals surface area contributed by atoms with Crippen molar-refractivity contribution >= 4 is 41.5 Å². The maximum absolute atomic E-state index is 12.8. The van der Waals surface area contributed by atoms with E-state index in [4.69, 9.17) is 33.8 Å². The molecule has 5 amide bonds. The molecule has 0 spiro atoms. The number of aliphatic imine (C=N–C) groups is 1. The Kier molecular flexibility index (Phi) is 14.8. The molecule has 0 aromatic rings. The number of nitrogens with one attached hydrogen (secondary N) is 3. The van der Waals surface area contributed by atoms with Gasteiger partial charge in [0.25, 0.3) is 0 Å². The van der Waals surface area contributed by atoms with Crippen molar-refractivity contribution in [3.05, 3.63) is 0 Å². The van der Waals surface area contributed by atoms with Gasteiger partial charge in [0.1, 0.15) is 24.2 Å². The van der Waals surface area contributed by atoms with E-state index < -0.39 is 66.3 Å². The summed E-state index contributed by atoms with van der Waals surface area (Å²) in [6.45, 7) is -0.611. The summed E-state index contributed by atoms with van der Waals surface area (Å²) in [6, 6.07) is -5.55. The van der Waals surface area contributed by atoms with E-state index in [-0.39, 0.29) is 51.0 Å². The van der Waals surface area contributed by atoms with E-state index in [1.807, 2.05) is 0 Å².